The van der Waals surface area contributed by atoms with Gasteiger partial charge in [-0.1, -0.05) is 6.92 Å². The summed E-state index contributed by atoms with van der Waals surface area (Å²) in [6.45, 7) is 6.56. The van der Waals surface area contributed by atoms with Crippen LogP contribution in [0.5, 0.6) is 0 Å². The molecule has 3 rings (SSSR count). The topological polar surface area (TPSA) is 57.7 Å². The van der Waals surface area contributed by atoms with E-state index < -0.39 is 9.84 Å². The third-order valence-electron chi connectivity index (χ3n) is 3.97. The van der Waals surface area contributed by atoms with Gasteiger partial charge in [-0.3, -0.25) is 14.6 Å². The number of hydrogen-bond donors (Lipinski definition) is 0. The Morgan fingerprint density at radius 1 is 1.22 bits per heavy atom. The lowest BCUT2D eigenvalue weighted by atomic mass is 10.0. The van der Waals surface area contributed by atoms with E-state index in [4.69, 9.17) is 0 Å². The molecule has 104 valence electrons. The number of Topliss-reactive ketones (excluding diaryl/α,β-unsaturated/α-hetero) is 1. The Hall–Kier alpha value is -0.460. The van der Waals surface area contributed by atoms with E-state index in [0.717, 1.165) is 32.7 Å². The molecule has 0 aromatic heterocycles. The number of sulfone groups is 1. The summed E-state index contributed by atoms with van der Waals surface area (Å²) in [5, 5.41) is 0. The van der Waals surface area contributed by atoms with Gasteiger partial charge in [0.25, 0.3) is 0 Å². The largest absolute Gasteiger partial charge is 0.299 e. The van der Waals surface area contributed by atoms with Gasteiger partial charge in [0, 0.05) is 44.9 Å². The molecule has 0 aliphatic carbocycles. The molecule has 6 heteroatoms. The van der Waals surface area contributed by atoms with Gasteiger partial charge in [-0.25, -0.2) is 8.42 Å². The summed E-state index contributed by atoms with van der Waals surface area (Å²) < 4.78 is 22.7. The molecule has 0 amide bonds. The molecule has 5 nitrogen and oxygen atoms in total. The number of hydrogen-bond acceptors (Lipinski definition) is 5. The van der Waals surface area contributed by atoms with E-state index in [2.05, 4.69) is 9.80 Å². The standard InChI is InChI=1S/C12H22N2O3S/c1-2-18(16,17)9-3-4-12(15)11-10-13-5-7-14(11)8-6-13/h11H,2-10H2,1H3. The Bertz CT molecular complexity index is 400. The summed E-state index contributed by atoms with van der Waals surface area (Å²) in [7, 11) is -2.93. The Morgan fingerprint density at radius 2 is 1.89 bits per heavy atom. The maximum atomic E-state index is 12.1. The highest BCUT2D eigenvalue weighted by Crippen LogP contribution is 2.17. The summed E-state index contributed by atoms with van der Waals surface area (Å²) >= 11 is 0. The molecule has 0 aromatic carbocycles. The molecule has 0 aromatic rings. The highest BCUT2D eigenvalue weighted by Gasteiger charge is 2.35. The number of piperazine rings is 3. The zero-order valence-corrected chi connectivity index (χ0v) is 11.8. The minimum atomic E-state index is -2.93. The molecule has 3 fully saturated rings. The van der Waals surface area contributed by atoms with Gasteiger partial charge in [0.2, 0.25) is 0 Å². The average Bonchev–Trinajstić information content (AvgIpc) is 2.39. The average molecular weight is 274 g/mol. The van der Waals surface area contributed by atoms with Crippen LogP contribution in [-0.4, -0.2) is 74.3 Å². The second kappa shape index (κ2) is 5.67. The van der Waals surface area contributed by atoms with E-state index in [9.17, 15) is 13.2 Å². The summed E-state index contributed by atoms with van der Waals surface area (Å²) in [5.74, 6) is 0.529. The molecule has 0 N–H and O–H groups in total. The van der Waals surface area contributed by atoms with Crippen LogP contribution in [0.1, 0.15) is 19.8 Å². The first-order valence-corrected chi connectivity index (χ1v) is 8.53. The van der Waals surface area contributed by atoms with Gasteiger partial charge in [0.15, 0.2) is 5.78 Å². The smallest absolute Gasteiger partial charge is 0.151 e. The number of nitrogens with zero attached hydrogens (tertiary/aromatic N) is 2. The molecule has 1 atom stereocenters. The van der Waals surface area contributed by atoms with Crippen LogP contribution in [0.3, 0.4) is 0 Å². The van der Waals surface area contributed by atoms with Crippen LogP contribution >= 0.6 is 0 Å². The van der Waals surface area contributed by atoms with Gasteiger partial charge in [0.05, 0.1) is 11.8 Å². The van der Waals surface area contributed by atoms with E-state index in [1.54, 1.807) is 6.92 Å². The Kier molecular flexibility index (Phi) is 4.40. The van der Waals surface area contributed by atoms with Crippen molar-refractivity contribution in [2.24, 2.45) is 0 Å². The molecule has 0 radical (unpaired) electrons. The second-order valence-electron chi connectivity index (χ2n) is 5.16. The maximum Gasteiger partial charge on any atom is 0.151 e. The normalized spacial score (nSPS) is 31.5. The van der Waals surface area contributed by atoms with Crippen molar-refractivity contribution in [2.45, 2.75) is 25.8 Å². The van der Waals surface area contributed by atoms with Gasteiger partial charge < -0.3 is 0 Å². The van der Waals surface area contributed by atoms with E-state index in [1.165, 1.54) is 0 Å². The van der Waals surface area contributed by atoms with E-state index in [0.29, 0.717) is 12.8 Å². The van der Waals surface area contributed by atoms with Gasteiger partial charge in [-0.2, -0.15) is 0 Å². The van der Waals surface area contributed by atoms with Crippen molar-refractivity contribution in [3.63, 3.8) is 0 Å². The first-order chi connectivity index (χ1) is 8.52. The third-order valence-corrected chi connectivity index (χ3v) is 5.76. The summed E-state index contributed by atoms with van der Waals surface area (Å²) in [6.07, 6.45) is 0.869. The molecule has 1 unspecified atom stereocenters. The zero-order chi connectivity index (χ0) is 13.2. The quantitative estimate of drug-likeness (QED) is 0.670. The minimum Gasteiger partial charge on any atom is -0.299 e. The molecule has 3 aliphatic rings. The first kappa shape index (κ1) is 14.0. The van der Waals surface area contributed by atoms with E-state index in [1.807, 2.05) is 0 Å². The monoisotopic (exact) mass is 274 g/mol. The van der Waals surface area contributed by atoms with Crippen molar-refractivity contribution in [3.8, 4) is 0 Å². The number of fused-ring (bicyclic) bond motifs is 3. The summed E-state index contributed by atoms with van der Waals surface area (Å²) in [6, 6.07) is 0.0110. The Labute approximate surface area is 109 Å². The van der Waals surface area contributed by atoms with Crippen LogP contribution in [0.2, 0.25) is 0 Å². The maximum absolute atomic E-state index is 12.1. The number of ketones is 1. The summed E-state index contributed by atoms with van der Waals surface area (Å²) in [4.78, 5) is 16.7. The van der Waals surface area contributed by atoms with Gasteiger partial charge in [0.1, 0.15) is 9.84 Å². The molecular formula is C12H22N2O3S. The van der Waals surface area contributed by atoms with Crippen molar-refractivity contribution in [1.82, 2.24) is 9.80 Å². The van der Waals surface area contributed by atoms with Crippen LogP contribution in [0, 0.1) is 0 Å². The second-order valence-corrected chi connectivity index (χ2v) is 7.63. The Balaban J connectivity index is 1.79. The lowest BCUT2D eigenvalue weighted by molar-refractivity contribution is -0.129. The molecule has 0 saturated carbocycles. The van der Waals surface area contributed by atoms with Crippen LogP contribution in [0.25, 0.3) is 0 Å². The fourth-order valence-corrected chi connectivity index (χ4v) is 3.57. The fraction of sp³-hybridized carbons (Fsp3) is 0.917. The first-order valence-electron chi connectivity index (χ1n) is 6.71. The van der Waals surface area contributed by atoms with Crippen molar-refractivity contribution < 1.29 is 13.2 Å². The SMILES string of the molecule is CCS(=O)(=O)CCCC(=O)C1CN2CCN1CC2. The predicted octanol–water partition coefficient (Wildman–Crippen LogP) is -0.230. The lowest BCUT2D eigenvalue weighted by Gasteiger charge is -2.46. The predicted molar refractivity (Wildman–Crippen MR) is 70.4 cm³/mol. The van der Waals surface area contributed by atoms with Crippen LogP contribution in [0.15, 0.2) is 0 Å². The van der Waals surface area contributed by atoms with E-state index in [-0.39, 0.29) is 23.3 Å². The Morgan fingerprint density at radius 3 is 2.39 bits per heavy atom. The zero-order valence-electron chi connectivity index (χ0n) is 11.0. The van der Waals surface area contributed by atoms with Gasteiger partial charge in [-0.05, 0) is 6.42 Å². The van der Waals surface area contributed by atoms with Crippen LogP contribution in [0.4, 0.5) is 0 Å². The van der Waals surface area contributed by atoms with Crippen molar-refractivity contribution in [3.05, 3.63) is 0 Å². The molecule has 3 saturated heterocycles. The van der Waals surface area contributed by atoms with Crippen molar-refractivity contribution in [2.75, 3.05) is 44.2 Å². The highest BCUT2D eigenvalue weighted by molar-refractivity contribution is 7.91. The van der Waals surface area contributed by atoms with Crippen LogP contribution in [-0.2, 0) is 14.6 Å². The molecule has 18 heavy (non-hydrogen) atoms. The third kappa shape index (κ3) is 3.30. The number of carbonyl (C=O) groups is 1. The molecule has 2 bridgehead atoms. The van der Waals surface area contributed by atoms with Gasteiger partial charge in [-0.15, -0.1) is 0 Å². The molecule has 3 heterocycles. The molecule has 3 aliphatic heterocycles. The summed E-state index contributed by atoms with van der Waals surface area (Å²) in [5.41, 5.74) is 0. The molecular weight excluding hydrogens is 252 g/mol. The van der Waals surface area contributed by atoms with E-state index >= 15 is 0 Å². The number of carbonyl (C=O) groups excluding carboxylic acids is 1. The highest BCUT2D eigenvalue weighted by atomic mass is 32.2. The van der Waals surface area contributed by atoms with Crippen molar-refractivity contribution >= 4 is 15.6 Å². The number of rotatable bonds is 6. The molecule has 0 spiro atoms. The van der Waals surface area contributed by atoms with Crippen molar-refractivity contribution in [1.29, 1.82) is 0 Å². The van der Waals surface area contributed by atoms with Gasteiger partial charge >= 0.3 is 0 Å². The minimum absolute atomic E-state index is 0.0110. The lowest BCUT2D eigenvalue weighted by Crippen LogP contribution is -2.63. The van der Waals surface area contributed by atoms with Crippen LogP contribution < -0.4 is 0 Å². The fourth-order valence-electron chi connectivity index (χ4n) is 2.70.